The van der Waals surface area contributed by atoms with Crippen molar-refractivity contribution in [3.05, 3.63) is 0 Å². The number of amides is 2. The van der Waals surface area contributed by atoms with Crippen LogP contribution in [0.2, 0.25) is 0 Å². The van der Waals surface area contributed by atoms with E-state index in [0.29, 0.717) is 4.90 Å². The Labute approximate surface area is 89.4 Å². The van der Waals surface area contributed by atoms with Gasteiger partial charge in [0.2, 0.25) is 5.91 Å². The van der Waals surface area contributed by atoms with Crippen LogP contribution in [0.15, 0.2) is 0 Å². The van der Waals surface area contributed by atoms with Crippen LogP contribution in [0.3, 0.4) is 0 Å². The summed E-state index contributed by atoms with van der Waals surface area (Å²) in [6.45, 7) is 1.80. The van der Waals surface area contributed by atoms with Crippen molar-refractivity contribution in [2.24, 2.45) is 5.73 Å². The van der Waals surface area contributed by atoms with Gasteiger partial charge in [0.1, 0.15) is 0 Å². The highest BCUT2D eigenvalue weighted by atomic mass is 19.3. The number of carbonyl (C=O) groups excluding carboxylic acids is 2. The second kappa shape index (κ2) is 5.13. The first kappa shape index (κ1) is 14.7. The molecule has 0 aromatic rings. The number of nitrogens with zero attached hydrogens (tertiary/aromatic N) is 1. The minimum atomic E-state index is -4.81. The molecule has 2 N–H and O–H groups in total. The van der Waals surface area contributed by atoms with Crippen LogP contribution < -0.4 is 5.73 Å². The number of halogens is 4. The summed E-state index contributed by atoms with van der Waals surface area (Å²) in [5.41, 5.74) is 4.72. The number of primary amides is 1. The van der Waals surface area contributed by atoms with E-state index in [2.05, 4.69) is 0 Å². The van der Waals surface area contributed by atoms with E-state index < -0.39 is 36.7 Å². The number of hydrogen-bond donors (Lipinski definition) is 1. The third-order valence-corrected chi connectivity index (χ3v) is 1.77. The van der Waals surface area contributed by atoms with Gasteiger partial charge in [0, 0.05) is 6.04 Å². The summed E-state index contributed by atoms with van der Waals surface area (Å²) in [4.78, 5) is 21.9. The molecule has 0 rings (SSSR count). The maximum absolute atomic E-state index is 12.7. The number of nitrogens with two attached hydrogens (primary N) is 1. The van der Waals surface area contributed by atoms with Crippen molar-refractivity contribution in [3.63, 3.8) is 0 Å². The highest BCUT2D eigenvalue weighted by Crippen LogP contribution is 2.26. The molecule has 94 valence electrons. The van der Waals surface area contributed by atoms with Crippen molar-refractivity contribution in [3.8, 4) is 0 Å². The Morgan fingerprint density at radius 2 is 1.75 bits per heavy atom. The molecule has 0 fully saturated rings. The molecule has 0 aromatic heterocycles. The summed E-state index contributed by atoms with van der Waals surface area (Å²) in [7, 11) is 0. The number of alkyl halides is 4. The predicted octanol–water partition coefficient (Wildman–Crippen LogP) is 0.609. The van der Waals surface area contributed by atoms with Gasteiger partial charge in [-0.3, -0.25) is 9.59 Å². The topological polar surface area (TPSA) is 63.4 Å². The van der Waals surface area contributed by atoms with E-state index in [9.17, 15) is 27.2 Å². The molecule has 2 amide bonds. The molecule has 0 unspecified atom stereocenters. The quantitative estimate of drug-likeness (QED) is 0.720. The van der Waals surface area contributed by atoms with E-state index in [1.54, 1.807) is 0 Å². The number of rotatable bonds is 5. The van der Waals surface area contributed by atoms with Crippen LogP contribution in [-0.4, -0.2) is 41.6 Å². The fraction of sp³-hybridized carbons (Fsp3) is 0.750. The Balaban J connectivity index is 4.95. The van der Waals surface area contributed by atoms with Gasteiger partial charge in [-0.1, -0.05) is 0 Å². The van der Waals surface area contributed by atoms with Crippen molar-refractivity contribution in [2.45, 2.75) is 32.2 Å². The van der Waals surface area contributed by atoms with E-state index >= 15 is 0 Å². The molecule has 8 heteroatoms. The normalized spacial score (nSPS) is 12.0. The molecule has 16 heavy (non-hydrogen) atoms. The van der Waals surface area contributed by atoms with Gasteiger partial charge in [-0.05, 0) is 13.8 Å². The lowest BCUT2D eigenvalue weighted by molar-refractivity contribution is -0.182. The van der Waals surface area contributed by atoms with Crippen LogP contribution in [0.25, 0.3) is 0 Å². The van der Waals surface area contributed by atoms with Crippen molar-refractivity contribution in [2.75, 3.05) is 6.54 Å². The summed E-state index contributed by atoms with van der Waals surface area (Å²) in [5, 5.41) is 0. The van der Waals surface area contributed by atoms with Crippen LogP contribution in [0, 0.1) is 0 Å². The molecule has 0 radical (unpaired) electrons. The van der Waals surface area contributed by atoms with Gasteiger partial charge < -0.3 is 10.6 Å². The molecule has 0 heterocycles. The Bertz CT molecular complexity index is 281. The zero-order valence-electron chi connectivity index (χ0n) is 8.71. The Morgan fingerprint density at radius 3 is 2.00 bits per heavy atom. The van der Waals surface area contributed by atoms with Gasteiger partial charge in [0.05, 0.1) is 6.54 Å². The van der Waals surface area contributed by atoms with Gasteiger partial charge in [-0.25, -0.2) is 8.78 Å². The highest BCUT2D eigenvalue weighted by molar-refractivity contribution is 5.88. The second-order valence-corrected chi connectivity index (χ2v) is 3.42. The molecule has 0 aliphatic heterocycles. The van der Waals surface area contributed by atoms with Gasteiger partial charge in [0.15, 0.2) is 0 Å². The first-order valence-corrected chi connectivity index (χ1v) is 4.36. The molecule has 0 spiro atoms. The number of hydrogen-bond acceptors (Lipinski definition) is 2. The summed E-state index contributed by atoms with van der Waals surface area (Å²) in [5.74, 6) is -7.96. The standard InChI is InChI=1S/C8H12F4N2O2/c1-4(2)14(3-5(13)15)7(16)8(11,12)6(9)10/h4,6H,3H2,1-2H3,(H2,13,15). The van der Waals surface area contributed by atoms with Gasteiger partial charge in [-0.15, -0.1) is 0 Å². The van der Waals surface area contributed by atoms with Crippen molar-refractivity contribution in [1.29, 1.82) is 0 Å². The van der Waals surface area contributed by atoms with E-state index in [-0.39, 0.29) is 0 Å². The average Bonchev–Trinajstić information content (AvgIpc) is 2.11. The SMILES string of the molecule is CC(C)N(CC(N)=O)C(=O)C(F)(F)C(F)F. The Hall–Kier alpha value is -1.34. The van der Waals surface area contributed by atoms with Crippen LogP contribution in [0.5, 0.6) is 0 Å². The zero-order valence-corrected chi connectivity index (χ0v) is 8.71. The molecular weight excluding hydrogens is 232 g/mol. The van der Waals surface area contributed by atoms with Crippen LogP contribution in [0.4, 0.5) is 17.6 Å². The first-order chi connectivity index (χ1) is 7.10. The van der Waals surface area contributed by atoms with E-state index in [1.165, 1.54) is 13.8 Å². The highest BCUT2D eigenvalue weighted by Gasteiger charge is 2.51. The molecular formula is C8H12F4N2O2. The lowest BCUT2D eigenvalue weighted by Gasteiger charge is -2.28. The lowest BCUT2D eigenvalue weighted by atomic mass is 10.2. The van der Waals surface area contributed by atoms with Crippen molar-refractivity contribution >= 4 is 11.8 Å². The summed E-state index contributed by atoms with van der Waals surface area (Å²) >= 11 is 0. The molecule has 0 aromatic carbocycles. The van der Waals surface area contributed by atoms with Crippen molar-refractivity contribution in [1.82, 2.24) is 4.90 Å². The Kier molecular flexibility index (Phi) is 4.70. The first-order valence-electron chi connectivity index (χ1n) is 4.36. The third-order valence-electron chi connectivity index (χ3n) is 1.77. The second-order valence-electron chi connectivity index (χ2n) is 3.42. The Morgan fingerprint density at radius 1 is 1.31 bits per heavy atom. The molecule has 0 saturated carbocycles. The van der Waals surface area contributed by atoms with E-state index in [0.717, 1.165) is 0 Å². The van der Waals surface area contributed by atoms with Gasteiger partial charge in [0.25, 0.3) is 5.91 Å². The van der Waals surface area contributed by atoms with Crippen molar-refractivity contribution < 1.29 is 27.2 Å². The summed E-state index contributed by atoms with van der Waals surface area (Å²) in [6, 6.07) is -0.829. The van der Waals surface area contributed by atoms with Crippen LogP contribution in [0.1, 0.15) is 13.8 Å². The third kappa shape index (κ3) is 3.35. The van der Waals surface area contributed by atoms with E-state index in [4.69, 9.17) is 5.73 Å². The zero-order chi connectivity index (χ0) is 13.1. The predicted molar refractivity (Wildman–Crippen MR) is 47.0 cm³/mol. The molecule has 0 aliphatic rings. The minimum Gasteiger partial charge on any atom is -0.368 e. The van der Waals surface area contributed by atoms with Crippen LogP contribution in [-0.2, 0) is 9.59 Å². The largest absolute Gasteiger partial charge is 0.383 e. The maximum Gasteiger partial charge on any atom is 0.383 e. The summed E-state index contributed by atoms with van der Waals surface area (Å²) in [6.07, 6.45) is -4.12. The van der Waals surface area contributed by atoms with Gasteiger partial charge >= 0.3 is 12.3 Å². The van der Waals surface area contributed by atoms with Gasteiger partial charge in [-0.2, -0.15) is 8.78 Å². The fourth-order valence-electron chi connectivity index (χ4n) is 0.942. The maximum atomic E-state index is 12.7. The smallest absolute Gasteiger partial charge is 0.368 e. The molecule has 0 atom stereocenters. The van der Waals surface area contributed by atoms with E-state index in [1.807, 2.05) is 0 Å². The van der Waals surface area contributed by atoms with Crippen LogP contribution >= 0.6 is 0 Å². The molecule has 0 bridgehead atoms. The molecule has 0 saturated heterocycles. The fourth-order valence-corrected chi connectivity index (χ4v) is 0.942. The molecule has 0 aliphatic carbocycles. The average molecular weight is 244 g/mol. The molecule has 4 nitrogen and oxygen atoms in total. The number of carbonyl (C=O) groups is 2. The summed E-state index contributed by atoms with van der Waals surface area (Å²) < 4.78 is 49.2. The lowest BCUT2D eigenvalue weighted by Crippen LogP contribution is -2.52. The minimum absolute atomic E-state index is 0.314. The monoisotopic (exact) mass is 244 g/mol.